The lowest BCUT2D eigenvalue weighted by Crippen LogP contribution is -2.59. The smallest absolute Gasteiger partial charge is 0.317 e. The maximum atomic E-state index is 13.3. The summed E-state index contributed by atoms with van der Waals surface area (Å²) in [7, 11) is 0. The number of urea groups is 1. The molecule has 0 aromatic heterocycles. The number of nitrogens with one attached hydrogen (secondary N) is 1. The maximum Gasteiger partial charge on any atom is 0.317 e. The van der Waals surface area contributed by atoms with Gasteiger partial charge in [-0.3, -0.25) is 0 Å². The quantitative estimate of drug-likeness (QED) is 0.502. The Balaban J connectivity index is 1.17. The van der Waals surface area contributed by atoms with E-state index in [1.165, 1.54) is 43.2 Å². The van der Waals surface area contributed by atoms with E-state index in [2.05, 4.69) is 58.2 Å². The van der Waals surface area contributed by atoms with E-state index in [0.29, 0.717) is 17.9 Å². The molecule has 6 aliphatic rings. The van der Waals surface area contributed by atoms with E-state index in [4.69, 9.17) is 0 Å². The SMILES string of the molecule is CC(C)(C=O)C1CC2(CCN(C(=O)NC3C4CC5CC(C4)CC3C5)CC2)c2c(Br)cccc21. The Hall–Kier alpha value is -1.36. The number of rotatable bonds is 3. The Kier molecular flexibility index (Phi) is 5.25. The number of nitrogens with zero attached hydrogens (tertiary/aromatic N) is 1. The van der Waals surface area contributed by atoms with Gasteiger partial charge in [-0.2, -0.15) is 0 Å². The summed E-state index contributed by atoms with van der Waals surface area (Å²) in [5.41, 5.74) is 2.39. The van der Waals surface area contributed by atoms with Crippen molar-refractivity contribution < 1.29 is 9.59 Å². The van der Waals surface area contributed by atoms with Gasteiger partial charge in [-0.05, 0) is 98.1 Å². The Bertz CT molecular complexity index is 937. The zero-order valence-electron chi connectivity index (χ0n) is 20.0. The highest BCUT2D eigenvalue weighted by atomic mass is 79.9. The summed E-state index contributed by atoms with van der Waals surface area (Å²) >= 11 is 3.84. The van der Waals surface area contributed by atoms with Gasteiger partial charge >= 0.3 is 6.03 Å². The van der Waals surface area contributed by atoms with Crippen LogP contribution in [0.4, 0.5) is 4.79 Å². The summed E-state index contributed by atoms with van der Waals surface area (Å²) in [6, 6.07) is 7.03. The van der Waals surface area contributed by atoms with Gasteiger partial charge in [0.05, 0.1) is 0 Å². The number of benzene rings is 1. The van der Waals surface area contributed by atoms with Gasteiger partial charge in [-0.15, -0.1) is 0 Å². The molecule has 5 fully saturated rings. The number of carbonyl (C=O) groups is 2. The molecule has 1 saturated heterocycles. The number of amides is 2. The molecule has 1 unspecified atom stereocenters. The van der Waals surface area contributed by atoms with Gasteiger partial charge in [0, 0.05) is 34.4 Å². The molecule has 4 bridgehead atoms. The summed E-state index contributed by atoms with van der Waals surface area (Å²) in [6.07, 6.45) is 10.9. The highest BCUT2D eigenvalue weighted by Crippen LogP contribution is 2.58. The third-order valence-corrected chi connectivity index (χ3v) is 10.9. The van der Waals surface area contributed by atoms with E-state index in [0.717, 1.165) is 54.9 Å². The van der Waals surface area contributed by atoms with Crippen LogP contribution in [-0.4, -0.2) is 36.3 Å². The maximum absolute atomic E-state index is 13.3. The van der Waals surface area contributed by atoms with Crippen LogP contribution < -0.4 is 5.32 Å². The molecule has 7 rings (SSSR count). The molecule has 0 radical (unpaired) electrons. The van der Waals surface area contributed by atoms with Gasteiger partial charge in [0.25, 0.3) is 0 Å². The van der Waals surface area contributed by atoms with E-state index in [-0.39, 0.29) is 22.8 Å². The lowest BCUT2D eigenvalue weighted by atomic mass is 9.54. The van der Waals surface area contributed by atoms with Crippen LogP contribution in [0.25, 0.3) is 0 Å². The van der Waals surface area contributed by atoms with E-state index in [1.54, 1.807) is 0 Å². The second-order valence-corrected chi connectivity index (χ2v) is 13.4. The minimum Gasteiger partial charge on any atom is -0.335 e. The highest BCUT2D eigenvalue weighted by molar-refractivity contribution is 9.10. The molecular formula is C28H37BrN2O2. The molecule has 4 saturated carbocycles. The normalized spacial score (nSPS) is 36.2. The molecule has 5 aliphatic carbocycles. The van der Waals surface area contributed by atoms with E-state index in [1.807, 2.05) is 0 Å². The first-order valence-electron chi connectivity index (χ1n) is 13.1. The molecule has 33 heavy (non-hydrogen) atoms. The Morgan fingerprint density at radius 1 is 1.09 bits per heavy atom. The average Bonchev–Trinajstić information content (AvgIpc) is 3.12. The number of likely N-dealkylation sites (tertiary alicyclic amines) is 1. The fourth-order valence-corrected chi connectivity index (χ4v) is 9.53. The number of aldehydes is 1. The fraction of sp³-hybridized carbons (Fsp3) is 0.714. The zero-order valence-corrected chi connectivity index (χ0v) is 21.6. The monoisotopic (exact) mass is 512 g/mol. The standard InChI is InChI=1S/C28H37BrN2O2/c1-27(2,16-32)22-15-28(24-21(22)4-3-5-23(24)29)6-8-31(9-7-28)26(33)30-25-19-11-17-10-18(13-19)14-20(25)12-17/h3-5,16-20,22,25H,6-15H2,1-2H3,(H,30,33). The van der Waals surface area contributed by atoms with Crippen molar-refractivity contribution >= 4 is 28.2 Å². The molecule has 1 aromatic rings. The molecule has 4 nitrogen and oxygen atoms in total. The van der Waals surface area contributed by atoms with Crippen molar-refractivity contribution in [2.75, 3.05) is 13.1 Å². The van der Waals surface area contributed by atoms with Gasteiger partial charge in [-0.1, -0.05) is 41.9 Å². The van der Waals surface area contributed by atoms with Crippen molar-refractivity contribution in [3.8, 4) is 0 Å². The van der Waals surface area contributed by atoms with Gasteiger partial charge in [-0.25, -0.2) is 4.79 Å². The van der Waals surface area contributed by atoms with Gasteiger partial charge in [0.1, 0.15) is 6.29 Å². The number of hydrogen-bond donors (Lipinski definition) is 1. The van der Waals surface area contributed by atoms with E-state index in [9.17, 15) is 9.59 Å². The second-order valence-electron chi connectivity index (χ2n) is 12.6. The Morgan fingerprint density at radius 2 is 1.73 bits per heavy atom. The summed E-state index contributed by atoms with van der Waals surface area (Å²) in [4.78, 5) is 27.4. The molecule has 1 aliphatic heterocycles. The molecule has 1 aromatic carbocycles. The van der Waals surface area contributed by atoms with Gasteiger partial charge in [0.15, 0.2) is 0 Å². The van der Waals surface area contributed by atoms with Crippen LogP contribution in [0.5, 0.6) is 0 Å². The molecule has 1 N–H and O–H groups in total. The highest BCUT2D eigenvalue weighted by Gasteiger charge is 2.52. The topological polar surface area (TPSA) is 49.4 Å². The van der Waals surface area contributed by atoms with E-state index < -0.39 is 0 Å². The minimum absolute atomic E-state index is 0.0553. The van der Waals surface area contributed by atoms with Crippen molar-refractivity contribution in [1.82, 2.24) is 10.2 Å². The second kappa shape index (κ2) is 7.83. The van der Waals surface area contributed by atoms with Crippen LogP contribution in [0.2, 0.25) is 0 Å². The number of hydrogen-bond acceptors (Lipinski definition) is 2. The van der Waals surface area contributed by atoms with Crippen molar-refractivity contribution in [3.05, 3.63) is 33.8 Å². The van der Waals surface area contributed by atoms with Crippen LogP contribution in [0.3, 0.4) is 0 Å². The van der Waals surface area contributed by atoms with Crippen LogP contribution in [0.15, 0.2) is 22.7 Å². The van der Waals surface area contributed by atoms with Crippen LogP contribution >= 0.6 is 15.9 Å². The van der Waals surface area contributed by atoms with Crippen LogP contribution in [0, 0.1) is 29.1 Å². The summed E-state index contributed by atoms with van der Waals surface area (Å²) < 4.78 is 1.16. The van der Waals surface area contributed by atoms with Crippen LogP contribution in [-0.2, 0) is 10.2 Å². The van der Waals surface area contributed by atoms with Gasteiger partial charge in [0.2, 0.25) is 0 Å². The molecule has 1 heterocycles. The number of fused-ring (bicyclic) bond motifs is 2. The van der Waals surface area contributed by atoms with Crippen LogP contribution in [0.1, 0.15) is 82.3 Å². The number of piperidine rings is 1. The Morgan fingerprint density at radius 3 is 2.33 bits per heavy atom. The summed E-state index contributed by atoms with van der Waals surface area (Å²) in [5.74, 6) is 3.52. The molecule has 5 heteroatoms. The lowest BCUT2D eigenvalue weighted by molar-refractivity contribution is -0.115. The Labute approximate surface area is 206 Å². The molecule has 178 valence electrons. The summed E-state index contributed by atoms with van der Waals surface area (Å²) in [5, 5.41) is 3.51. The first kappa shape index (κ1) is 22.1. The van der Waals surface area contributed by atoms with Crippen molar-refractivity contribution in [1.29, 1.82) is 0 Å². The molecule has 1 spiro atoms. The predicted octanol–water partition coefficient (Wildman–Crippen LogP) is 6.03. The third kappa shape index (κ3) is 3.51. The van der Waals surface area contributed by atoms with Crippen molar-refractivity contribution in [2.45, 2.75) is 82.6 Å². The third-order valence-electron chi connectivity index (χ3n) is 10.3. The number of halogens is 1. The average molecular weight is 514 g/mol. The molecule has 2 amide bonds. The van der Waals surface area contributed by atoms with Crippen molar-refractivity contribution in [3.63, 3.8) is 0 Å². The fourth-order valence-electron chi connectivity index (χ4n) is 8.73. The summed E-state index contributed by atoms with van der Waals surface area (Å²) in [6.45, 7) is 5.74. The largest absolute Gasteiger partial charge is 0.335 e. The van der Waals surface area contributed by atoms with E-state index >= 15 is 0 Å². The predicted molar refractivity (Wildman–Crippen MR) is 133 cm³/mol. The lowest BCUT2D eigenvalue weighted by Gasteiger charge is -2.54. The molecule has 1 atom stereocenters. The van der Waals surface area contributed by atoms with Crippen molar-refractivity contribution in [2.24, 2.45) is 29.1 Å². The minimum atomic E-state index is -0.382. The first-order chi connectivity index (χ1) is 15.8. The van der Waals surface area contributed by atoms with Gasteiger partial charge < -0.3 is 15.0 Å². The first-order valence-corrected chi connectivity index (χ1v) is 13.9. The zero-order chi connectivity index (χ0) is 23.0. The number of carbonyl (C=O) groups excluding carboxylic acids is 2. The molecular weight excluding hydrogens is 476 g/mol.